The van der Waals surface area contributed by atoms with Crippen LogP contribution >= 0.6 is 34.4 Å². The Balaban J connectivity index is 1.69. The summed E-state index contributed by atoms with van der Waals surface area (Å²) in [5, 5.41) is 4.02. The highest BCUT2D eigenvalue weighted by atomic mass is 127. The quantitative estimate of drug-likeness (QED) is 0.379. The first kappa shape index (κ1) is 18.6. The lowest BCUT2D eigenvalue weighted by Crippen LogP contribution is -2.09. The molecule has 0 spiro atoms. The number of nitrogens with two attached hydrogens (primary N) is 1. The van der Waals surface area contributed by atoms with E-state index in [1.807, 2.05) is 19.2 Å². The van der Waals surface area contributed by atoms with Crippen molar-refractivity contribution in [3.8, 4) is 11.5 Å². The van der Waals surface area contributed by atoms with Crippen LogP contribution < -0.4 is 20.5 Å². The Morgan fingerprint density at radius 1 is 1.26 bits per heavy atom. The maximum Gasteiger partial charge on any atom is 0.231 e. The molecule has 142 valence electrons. The largest absolute Gasteiger partial charge is 0.454 e. The van der Waals surface area contributed by atoms with Crippen LogP contribution in [0, 0.1) is 3.57 Å². The van der Waals surface area contributed by atoms with E-state index in [4.69, 9.17) is 20.2 Å². The Morgan fingerprint density at radius 3 is 2.89 bits per heavy atom. The van der Waals surface area contributed by atoms with Crippen molar-refractivity contribution in [2.24, 2.45) is 0 Å². The number of nitrogens with one attached hydrogen (secondary N) is 1. The molecule has 0 amide bonds. The number of anilines is 1. The summed E-state index contributed by atoms with van der Waals surface area (Å²) in [5.74, 6) is 1.93. The van der Waals surface area contributed by atoms with Gasteiger partial charge in [-0.3, -0.25) is 0 Å². The standard InChI is InChI=1S/C17H19IN6O2S/c1-20-4-2-3-5-24-16-14(15(19)21-8-22-16)23-17(24)27-13-7-12-11(6-10(13)18)25-9-26-12/h6-8,20H,2-5,9H2,1H3,(H2,19,21,22). The van der Waals surface area contributed by atoms with Crippen LogP contribution in [0.4, 0.5) is 5.82 Å². The summed E-state index contributed by atoms with van der Waals surface area (Å²) in [4.78, 5) is 14.3. The van der Waals surface area contributed by atoms with Crippen LogP contribution in [0.15, 0.2) is 28.5 Å². The fraction of sp³-hybridized carbons (Fsp3) is 0.353. The predicted octanol–water partition coefficient (Wildman–Crippen LogP) is 2.89. The molecule has 4 rings (SSSR count). The molecule has 0 aliphatic carbocycles. The molecule has 0 bridgehead atoms. The van der Waals surface area contributed by atoms with Gasteiger partial charge in [-0.1, -0.05) is 11.8 Å². The Labute approximate surface area is 174 Å². The molecular formula is C17H19IN6O2S. The number of aryl methyl sites for hydroxylation is 1. The van der Waals surface area contributed by atoms with Crippen molar-refractivity contribution in [3.05, 3.63) is 22.0 Å². The van der Waals surface area contributed by atoms with Gasteiger partial charge in [-0.05, 0) is 61.2 Å². The molecule has 3 heterocycles. The summed E-state index contributed by atoms with van der Waals surface area (Å²) in [6.07, 6.45) is 3.58. The summed E-state index contributed by atoms with van der Waals surface area (Å²) >= 11 is 3.88. The molecule has 1 aromatic carbocycles. The van der Waals surface area contributed by atoms with E-state index in [1.54, 1.807) is 11.8 Å². The second kappa shape index (κ2) is 8.07. The summed E-state index contributed by atoms with van der Waals surface area (Å²) in [6.45, 7) is 2.06. The van der Waals surface area contributed by atoms with Crippen molar-refractivity contribution in [1.82, 2.24) is 24.8 Å². The van der Waals surface area contributed by atoms with Crippen molar-refractivity contribution in [1.29, 1.82) is 0 Å². The molecule has 0 saturated heterocycles. The number of halogens is 1. The Morgan fingerprint density at radius 2 is 2.07 bits per heavy atom. The number of ether oxygens (including phenoxy) is 2. The van der Waals surface area contributed by atoms with E-state index in [2.05, 4.69) is 42.4 Å². The smallest absolute Gasteiger partial charge is 0.231 e. The van der Waals surface area contributed by atoms with Crippen LogP contribution in [-0.4, -0.2) is 39.9 Å². The Bertz CT molecular complexity index is 980. The highest BCUT2D eigenvalue weighted by molar-refractivity contribution is 14.1. The molecule has 0 radical (unpaired) electrons. The van der Waals surface area contributed by atoms with Crippen molar-refractivity contribution < 1.29 is 9.47 Å². The summed E-state index contributed by atoms with van der Waals surface area (Å²) < 4.78 is 14.2. The average Bonchev–Trinajstić information content (AvgIpc) is 3.24. The lowest BCUT2D eigenvalue weighted by atomic mass is 10.3. The number of rotatable bonds is 7. The van der Waals surface area contributed by atoms with Crippen LogP contribution in [0.3, 0.4) is 0 Å². The molecule has 3 N–H and O–H groups in total. The van der Waals surface area contributed by atoms with Gasteiger partial charge in [0.25, 0.3) is 0 Å². The topological polar surface area (TPSA) is 100 Å². The number of hydrogen-bond donors (Lipinski definition) is 2. The van der Waals surface area contributed by atoms with Gasteiger partial charge in [0, 0.05) is 15.0 Å². The molecule has 8 nitrogen and oxygen atoms in total. The van der Waals surface area contributed by atoms with E-state index in [1.165, 1.54) is 6.33 Å². The minimum Gasteiger partial charge on any atom is -0.454 e. The summed E-state index contributed by atoms with van der Waals surface area (Å²) in [7, 11) is 1.96. The summed E-state index contributed by atoms with van der Waals surface area (Å²) in [5.41, 5.74) is 7.44. The van der Waals surface area contributed by atoms with Crippen molar-refractivity contribution in [3.63, 3.8) is 0 Å². The minimum absolute atomic E-state index is 0.260. The van der Waals surface area contributed by atoms with Crippen molar-refractivity contribution >= 4 is 51.3 Å². The van der Waals surface area contributed by atoms with Crippen LogP contribution in [0.25, 0.3) is 11.2 Å². The zero-order chi connectivity index (χ0) is 18.8. The predicted molar refractivity (Wildman–Crippen MR) is 112 cm³/mol. The second-order valence-electron chi connectivity index (χ2n) is 6.03. The van der Waals surface area contributed by atoms with Crippen LogP contribution in [-0.2, 0) is 6.54 Å². The average molecular weight is 498 g/mol. The van der Waals surface area contributed by atoms with E-state index in [0.29, 0.717) is 11.3 Å². The maximum atomic E-state index is 6.03. The third-order valence-corrected chi connectivity index (χ3v) is 6.52. The molecule has 1 aliphatic rings. The van der Waals surface area contributed by atoms with Crippen molar-refractivity contribution in [2.75, 3.05) is 26.1 Å². The number of imidazole rings is 1. The second-order valence-corrected chi connectivity index (χ2v) is 8.20. The maximum absolute atomic E-state index is 6.03. The van der Waals surface area contributed by atoms with Crippen molar-refractivity contribution in [2.45, 2.75) is 29.4 Å². The number of unbranched alkanes of at least 4 members (excludes halogenated alkanes) is 1. The van der Waals surface area contributed by atoms with Gasteiger partial charge in [-0.25, -0.2) is 15.0 Å². The van der Waals surface area contributed by atoms with Crippen LogP contribution in [0.2, 0.25) is 0 Å². The Kier molecular flexibility index (Phi) is 5.55. The number of aromatic nitrogens is 4. The fourth-order valence-corrected chi connectivity index (χ4v) is 4.57. The first-order valence-corrected chi connectivity index (χ1v) is 10.4. The van der Waals surface area contributed by atoms with E-state index in [-0.39, 0.29) is 6.79 Å². The number of fused-ring (bicyclic) bond motifs is 2. The lowest BCUT2D eigenvalue weighted by molar-refractivity contribution is 0.174. The molecule has 27 heavy (non-hydrogen) atoms. The third kappa shape index (κ3) is 3.78. The van der Waals surface area contributed by atoms with E-state index < -0.39 is 0 Å². The highest BCUT2D eigenvalue weighted by Crippen LogP contribution is 2.41. The van der Waals surface area contributed by atoms with Gasteiger partial charge in [-0.2, -0.15) is 0 Å². The molecule has 10 heteroatoms. The van der Waals surface area contributed by atoms with E-state index in [9.17, 15) is 0 Å². The van der Waals surface area contributed by atoms with E-state index >= 15 is 0 Å². The molecule has 2 aromatic heterocycles. The zero-order valence-corrected chi connectivity index (χ0v) is 17.7. The fourth-order valence-electron chi connectivity index (χ4n) is 2.86. The van der Waals surface area contributed by atoms with Gasteiger partial charge in [0.15, 0.2) is 33.6 Å². The number of nitrogens with zero attached hydrogens (tertiary/aromatic N) is 4. The Hall–Kier alpha value is -1.79. The summed E-state index contributed by atoms with van der Waals surface area (Å²) in [6, 6.07) is 3.98. The number of benzene rings is 1. The van der Waals surface area contributed by atoms with Crippen LogP contribution in [0.1, 0.15) is 12.8 Å². The third-order valence-electron chi connectivity index (χ3n) is 4.21. The lowest BCUT2D eigenvalue weighted by Gasteiger charge is -2.10. The van der Waals surface area contributed by atoms with Crippen LogP contribution in [0.5, 0.6) is 11.5 Å². The number of nitrogen functional groups attached to an aromatic ring is 1. The molecule has 0 unspecified atom stereocenters. The van der Waals surface area contributed by atoms with Gasteiger partial charge in [0.05, 0.1) is 0 Å². The normalized spacial score (nSPS) is 12.8. The highest BCUT2D eigenvalue weighted by Gasteiger charge is 2.20. The van der Waals surface area contributed by atoms with Gasteiger partial charge in [0.1, 0.15) is 6.33 Å². The molecular weight excluding hydrogens is 479 g/mol. The SMILES string of the molecule is CNCCCCn1c(Sc2cc3c(cc2I)OCO3)nc2c(N)ncnc21. The van der Waals surface area contributed by atoms with Gasteiger partial charge < -0.3 is 25.1 Å². The minimum atomic E-state index is 0.260. The van der Waals surface area contributed by atoms with Gasteiger partial charge in [-0.15, -0.1) is 0 Å². The number of hydrogen-bond acceptors (Lipinski definition) is 8. The van der Waals surface area contributed by atoms with E-state index in [0.717, 1.165) is 56.7 Å². The first-order valence-electron chi connectivity index (χ1n) is 8.55. The molecule has 0 fully saturated rings. The monoisotopic (exact) mass is 498 g/mol. The molecule has 0 atom stereocenters. The molecule has 0 saturated carbocycles. The zero-order valence-electron chi connectivity index (χ0n) is 14.7. The molecule has 1 aliphatic heterocycles. The molecule has 3 aromatic rings. The first-order chi connectivity index (χ1) is 13.2. The van der Waals surface area contributed by atoms with Gasteiger partial charge in [0.2, 0.25) is 6.79 Å². The van der Waals surface area contributed by atoms with Gasteiger partial charge >= 0.3 is 0 Å².